The van der Waals surface area contributed by atoms with Gasteiger partial charge < -0.3 is 20.1 Å². The van der Waals surface area contributed by atoms with Crippen molar-refractivity contribution in [1.29, 1.82) is 0 Å². The van der Waals surface area contributed by atoms with Crippen LogP contribution in [-0.2, 0) is 10.7 Å². The Morgan fingerprint density at radius 2 is 2.00 bits per heavy atom. The smallest absolute Gasteiger partial charge is 0.301 e. The molecule has 2 fully saturated rings. The zero-order valence-corrected chi connectivity index (χ0v) is 19.9. The summed E-state index contributed by atoms with van der Waals surface area (Å²) in [7, 11) is 0. The third-order valence-corrected chi connectivity index (χ3v) is 7.12. The van der Waals surface area contributed by atoms with Gasteiger partial charge in [-0.2, -0.15) is 13.9 Å². The molecule has 2 N–H and O–H groups in total. The summed E-state index contributed by atoms with van der Waals surface area (Å²) in [6.45, 7) is 7.76. The SMILES string of the molecule is Cc1nnc(N[C@H](C)c2cccc(C(F)(F)C(C)O)c2F)c2cc(N3CCC4(COC4)C3)cnc12. The number of nitrogens with zero attached hydrogens (tertiary/aromatic N) is 4. The molecule has 5 rings (SSSR count). The lowest BCUT2D eigenvalue weighted by Gasteiger charge is -2.37. The highest BCUT2D eigenvalue weighted by Gasteiger charge is 2.44. The fourth-order valence-corrected chi connectivity index (χ4v) is 4.86. The maximum atomic E-state index is 15.1. The van der Waals surface area contributed by atoms with E-state index < -0.39 is 29.4 Å². The van der Waals surface area contributed by atoms with Crippen molar-refractivity contribution in [2.24, 2.45) is 5.41 Å². The molecule has 0 saturated carbocycles. The second kappa shape index (κ2) is 8.60. The number of pyridine rings is 1. The summed E-state index contributed by atoms with van der Waals surface area (Å²) in [5.41, 5.74) is 1.68. The summed E-state index contributed by atoms with van der Waals surface area (Å²) < 4.78 is 49.3. The van der Waals surface area contributed by atoms with Gasteiger partial charge in [0.2, 0.25) is 0 Å². The normalized spacial score (nSPS) is 19.1. The Hall–Kier alpha value is -2.98. The van der Waals surface area contributed by atoms with Crippen molar-refractivity contribution in [3.63, 3.8) is 0 Å². The molecule has 3 aromatic rings. The summed E-state index contributed by atoms with van der Waals surface area (Å²) in [4.78, 5) is 6.90. The van der Waals surface area contributed by atoms with Crippen molar-refractivity contribution in [2.45, 2.75) is 45.3 Å². The molecule has 0 amide bonds. The molecule has 2 atom stereocenters. The van der Waals surface area contributed by atoms with Crippen LogP contribution in [0, 0.1) is 18.2 Å². The van der Waals surface area contributed by atoms with Crippen LogP contribution in [0.3, 0.4) is 0 Å². The van der Waals surface area contributed by atoms with Crippen LogP contribution in [0.5, 0.6) is 0 Å². The van der Waals surface area contributed by atoms with E-state index in [1.807, 2.05) is 19.2 Å². The van der Waals surface area contributed by atoms with Gasteiger partial charge in [0.05, 0.1) is 47.9 Å². The Balaban J connectivity index is 1.47. The van der Waals surface area contributed by atoms with Crippen molar-refractivity contribution in [2.75, 3.05) is 36.5 Å². The summed E-state index contributed by atoms with van der Waals surface area (Å²) in [6.07, 6.45) is 0.862. The predicted octanol–water partition coefficient (Wildman–Crippen LogP) is 4.34. The molecule has 2 saturated heterocycles. The minimum atomic E-state index is -3.71. The molecular weight excluding hydrogens is 459 g/mol. The number of ether oxygens (including phenoxy) is 1. The largest absolute Gasteiger partial charge is 0.387 e. The van der Waals surface area contributed by atoms with Gasteiger partial charge in [-0.25, -0.2) is 4.39 Å². The summed E-state index contributed by atoms with van der Waals surface area (Å²) in [5, 5.41) is 21.8. The minimum absolute atomic E-state index is 0.0360. The zero-order valence-electron chi connectivity index (χ0n) is 19.9. The van der Waals surface area contributed by atoms with Crippen molar-refractivity contribution < 1.29 is 23.0 Å². The first-order chi connectivity index (χ1) is 16.6. The highest BCUT2D eigenvalue weighted by atomic mass is 19.3. The van der Waals surface area contributed by atoms with Gasteiger partial charge in [-0.1, -0.05) is 12.1 Å². The Bertz CT molecular complexity index is 1270. The van der Waals surface area contributed by atoms with Crippen LogP contribution in [0.2, 0.25) is 0 Å². The second-order valence-electron chi connectivity index (χ2n) is 9.76. The average molecular weight is 488 g/mol. The Morgan fingerprint density at radius 3 is 2.66 bits per heavy atom. The lowest BCUT2D eigenvalue weighted by atomic mass is 9.85. The number of aliphatic hydroxyl groups is 1. The molecule has 186 valence electrons. The van der Waals surface area contributed by atoms with Crippen LogP contribution in [-0.4, -0.2) is 52.7 Å². The minimum Gasteiger partial charge on any atom is -0.387 e. The van der Waals surface area contributed by atoms with E-state index in [0.29, 0.717) is 17.0 Å². The van der Waals surface area contributed by atoms with Crippen LogP contribution in [0.1, 0.15) is 43.1 Å². The van der Waals surface area contributed by atoms with E-state index in [1.165, 1.54) is 12.1 Å². The number of aliphatic hydroxyl groups excluding tert-OH is 1. The standard InChI is InChI=1S/C25H28F3N5O2/c1-14(18-5-4-6-20(21(18)26)25(27,28)16(3)34)30-23-19-9-17(10-29-22(19)15(2)31-32-23)33-8-7-24(11-33)12-35-13-24/h4-6,9-10,14,16,34H,7-8,11-13H2,1-3H3,(H,30,32)/t14-,16?/m1/s1. The van der Waals surface area contributed by atoms with E-state index in [9.17, 15) is 13.9 Å². The van der Waals surface area contributed by atoms with Crippen LogP contribution >= 0.6 is 0 Å². The molecule has 2 aromatic heterocycles. The van der Waals surface area contributed by atoms with Crippen molar-refractivity contribution in [3.8, 4) is 0 Å². The maximum Gasteiger partial charge on any atom is 0.301 e. The number of aromatic nitrogens is 3. The second-order valence-corrected chi connectivity index (χ2v) is 9.76. The van der Waals surface area contributed by atoms with Crippen LogP contribution in [0.25, 0.3) is 10.9 Å². The molecule has 4 heterocycles. The maximum absolute atomic E-state index is 15.1. The molecule has 2 aliphatic rings. The Labute approximate surface area is 201 Å². The van der Waals surface area contributed by atoms with Gasteiger partial charge in [-0.05, 0) is 39.3 Å². The summed E-state index contributed by atoms with van der Waals surface area (Å²) in [6, 6.07) is 5.07. The highest BCUT2D eigenvalue weighted by Crippen LogP contribution is 2.40. The fourth-order valence-electron chi connectivity index (χ4n) is 4.86. The van der Waals surface area contributed by atoms with Gasteiger partial charge in [0.1, 0.15) is 11.9 Å². The average Bonchev–Trinajstić information content (AvgIpc) is 3.27. The first-order valence-corrected chi connectivity index (χ1v) is 11.7. The topological polar surface area (TPSA) is 83.4 Å². The molecule has 10 heteroatoms. The zero-order chi connectivity index (χ0) is 25.0. The lowest BCUT2D eigenvalue weighted by Crippen LogP contribution is -2.44. The lowest BCUT2D eigenvalue weighted by molar-refractivity contribution is -0.108. The van der Waals surface area contributed by atoms with Crippen molar-refractivity contribution in [1.82, 2.24) is 15.2 Å². The quantitative estimate of drug-likeness (QED) is 0.535. The van der Waals surface area contributed by atoms with E-state index in [4.69, 9.17) is 4.74 Å². The summed E-state index contributed by atoms with van der Waals surface area (Å²) in [5.74, 6) is -4.39. The number of fused-ring (bicyclic) bond motifs is 1. The molecule has 1 aromatic carbocycles. The Morgan fingerprint density at radius 1 is 1.23 bits per heavy atom. The van der Waals surface area contributed by atoms with Gasteiger partial charge in [-0.15, -0.1) is 5.10 Å². The van der Waals surface area contributed by atoms with E-state index in [-0.39, 0.29) is 11.0 Å². The molecule has 35 heavy (non-hydrogen) atoms. The first kappa shape index (κ1) is 23.7. The van der Waals surface area contributed by atoms with Crippen molar-refractivity contribution in [3.05, 3.63) is 53.1 Å². The monoisotopic (exact) mass is 487 g/mol. The van der Waals surface area contributed by atoms with Gasteiger partial charge in [0.25, 0.3) is 0 Å². The number of nitrogens with one attached hydrogen (secondary N) is 1. The number of aryl methyl sites for hydroxylation is 1. The number of alkyl halides is 2. The molecule has 2 aliphatic heterocycles. The van der Waals surface area contributed by atoms with Crippen molar-refractivity contribution >= 4 is 22.4 Å². The molecule has 0 bridgehead atoms. The molecule has 0 aliphatic carbocycles. The van der Waals surface area contributed by atoms with Crippen LogP contribution in [0.4, 0.5) is 24.7 Å². The number of halogens is 3. The van der Waals surface area contributed by atoms with Gasteiger partial charge >= 0.3 is 5.92 Å². The number of rotatable bonds is 6. The number of hydrogen-bond donors (Lipinski definition) is 2. The number of benzene rings is 1. The highest BCUT2D eigenvalue weighted by molar-refractivity contribution is 5.92. The van der Waals surface area contributed by atoms with Crippen LogP contribution in [0.15, 0.2) is 30.5 Å². The molecular formula is C25H28F3N5O2. The van der Waals surface area contributed by atoms with E-state index in [0.717, 1.165) is 56.8 Å². The Kier molecular flexibility index (Phi) is 5.83. The van der Waals surface area contributed by atoms with E-state index in [2.05, 4.69) is 25.4 Å². The first-order valence-electron chi connectivity index (χ1n) is 11.7. The molecule has 0 radical (unpaired) electrons. The fraction of sp³-hybridized carbons (Fsp3) is 0.480. The van der Waals surface area contributed by atoms with E-state index >= 15 is 4.39 Å². The van der Waals surface area contributed by atoms with Gasteiger partial charge in [0, 0.05) is 29.5 Å². The number of anilines is 2. The predicted molar refractivity (Wildman–Crippen MR) is 126 cm³/mol. The number of hydrogen-bond acceptors (Lipinski definition) is 7. The van der Waals surface area contributed by atoms with Gasteiger partial charge in [0.15, 0.2) is 5.82 Å². The summed E-state index contributed by atoms with van der Waals surface area (Å²) >= 11 is 0. The molecule has 7 nitrogen and oxygen atoms in total. The van der Waals surface area contributed by atoms with Crippen LogP contribution < -0.4 is 10.2 Å². The van der Waals surface area contributed by atoms with Gasteiger partial charge in [-0.3, -0.25) is 4.98 Å². The third-order valence-electron chi connectivity index (χ3n) is 7.12. The van der Waals surface area contributed by atoms with E-state index in [1.54, 1.807) is 6.92 Å². The third kappa shape index (κ3) is 4.08. The molecule has 1 spiro atoms. The molecule has 1 unspecified atom stereocenters.